The zero-order chi connectivity index (χ0) is 16.4. The van der Waals surface area contributed by atoms with E-state index in [1.807, 2.05) is 0 Å². The van der Waals surface area contributed by atoms with Crippen molar-refractivity contribution in [3.8, 4) is 0 Å². The van der Waals surface area contributed by atoms with Crippen LogP contribution in [0.25, 0.3) is 0 Å². The Kier molecular flexibility index (Phi) is 30.9. The van der Waals surface area contributed by atoms with Crippen LogP contribution in [0.2, 0.25) is 0 Å². The van der Waals surface area contributed by atoms with Gasteiger partial charge in [0.15, 0.2) is 0 Å². The number of hydrogen-bond donors (Lipinski definition) is 4. The molecule has 0 aromatic rings. The van der Waals surface area contributed by atoms with Crippen molar-refractivity contribution in [2.75, 3.05) is 39.3 Å². The molecule has 0 spiro atoms. The number of rotatable bonds is 12. The van der Waals surface area contributed by atoms with Gasteiger partial charge in [0.25, 0.3) is 0 Å². The number of carbonyl (C=O) groups excluding carboxylic acids is 4. The summed E-state index contributed by atoms with van der Waals surface area (Å²) in [7, 11) is 0. The maximum Gasteiger partial charge on any atom is 0.0555 e. The molecule has 0 atom stereocenters. The Labute approximate surface area is 150 Å². The van der Waals surface area contributed by atoms with Crippen LogP contribution in [0.5, 0.6) is 0 Å². The molecule has 26 heavy (non-hydrogen) atoms. The van der Waals surface area contributed by atoms with Gasteiger partial charge in [-0.05, 0) is 6.42 Å². The highest BCUT2D eigenvalue weighted by molar-refractivity contribution is 5.70. The number of carboxylic acids is 4. The smallest absolute Gasteiger partial charge is 0.0555 e. The van der Waals surface area contributed by atoms with E-state index >= 15 is 0 Å². The molecule has 15 heteroatoms. The van der Waals surface area contributed by atoms with E-state index in [1.165, 1.54) is 0 Å². The SMILES string of the molecule is O.O=C([O-])CN(CCCN(CC(=O)[O-])CC(=O)[O-])CC(=O)[O-].[NH4+].[NH4+].[NH4+].[NH4+]. The summed E-state index contributed by atoms with van der Waals surface area (Å²) in [5.74, 6) is -5.90. The van der Waals surface area contributed by atoms with E-state index in [9.17, 15) is 39.6 Å². The second-order valence-corrected chi connectivity index (χ2v) is 4.26. The predicted octanol–water partition coefficient (Wildman–Crippen LogP) is -6.34. The fourth-order valence-electron chi connectivity index (χ4n) is 1.68. The molecular formula is C11H32N6O9. The molecule has 0 unspecified atom stereocenters. The Morgan fingerprint density at radius 2 is 0.731 bits per heavy atom. The van der Waals surface area contributed by atoms with Gasteiger partial charge in [-0.25, -0.2) is 0 Å². The number of carbonyl (C=O) groups is 4. The zero-order valence-corrected chi connectivity index (χ0v) is 15.6. The van der Waals surface area contributed by atoms with Crippen LogP contribution in [0, 0.1) is 0 Å². The maximum atomic E-state index is 10.4. The fourth-order valence-corrected chi connectivity index (χ4v) is 1.68. The molecule has 0 bridgehead atoms. The Hall–Kier alpha value is -2.40. The molecule has 18 N–H and O–H groups in total. The van der Waals surface area contributed by atoms with Gasteiger partial charge in [-0.2, -0.15) is 0 Å². The lowest BCUT2D eigenvalue weighted by atomic mass is 10.3. The van der Waals surface area contributed by atoms with Gasteiger partial charge in [-0.15, -0.1) is 0 Å². The van der Waals surface area contributed by atoms with Crippen LogP contribution >= 0.6 is 0 Å². The van der Waals surface area contributed by atoms with Crippen LogP contribution in [0.4, 0.5) is 0 Å². The third-order valence-electron chi connectivity index (χ3n) is 2.36. The molecule has 160 valence electrons. The number of carboxylic acid groups (broad SMARTS) is 4. The van der Waals surface area contributed by atoms with Gasteiger partial charge in [-0.1, -0.05) is 0 Å². The molecule has 0 radical (unpaired) electrons. The van der Waals surface area contributed by atoms with E-state index in [4.69, 9.17) is 0 Å². The first-order chi connectivity index (χ1) is 9.70. The maximum absolute atomic E-state index is 10.4. The number of nitrogens with zero attached hydrogens (tertiary/aromatic N) is 2. The van der Waals surface area contributed by atoms with E-state index < -0.39 is 50.1 Å². The molecule has 0 rings (SSSR count). The van der Waals surface area contributed by atoms with Crippen molar-refractivity contribution in [3.05, 3.63) is 0 Å². The van der Waals surface area contributed by atoms with E-state index in [-0.39, 0.29) is 49.6 Å². The first-order valence-electron chi connectivity index (χ1n) is 5.94. The van der Waals surface area contributed by atoms with Crippen LogP contribution in [-0.4, -0.2) is 78.4 Å². The third-order valence-corrected chi connectivity index (χ3v) is 2.36. The standard InChI is InChI=1S/C11H18N2O8.4H3N.H2O/c14-8(15)4-12(5-9(16)17)2-1-3-13(6-10(18)19)7-11(20)21;;;;;/h1-7H2,(H,14,15)(H,16,17)(H,18,19)(H,20,21);4*1H3;1H2. The monoisotopic (exact) mass is 392 g/mol. The molecule has 0 aromatic carbocycles. The van der Waals surface area contributed by atoms with Crippen molar-refractivity contribution in [2.45, 2.75) is 6.42 Å². The summed E-state index contributed by atoms with van der Waals surface area (Å²) >= 11 is 0. The predicted molar refractivity (Wildman–Crippen MR) is 85.1 cm³/mol. The minimum Gasteiger partial charge on any atom is -0.549 e. The van der Waals surface area contributed by atoms with Crippen molar-refractivity contribution < 1.29 is 45.1 Å². The van der Waals surface area contributed by atoms with Crippen LogP contribution < -0.4 is 45.0 Å². The Bertz CT molecular complexity index is 342. The topological polar surface area (TPSA) is 344 Å². The third kappa shape index (κ3) is 23.9. The highest BCUT2D eigenvalue weighted by atomic mass is 16.4. The number of hydrogen-bond acceptors (Lipinski definition) is 10. The molecule has 0 aliphatic rings. The van der Waals surface area contributed by atoms with Gasteiger partial charge < -0.3 is 69.7 Å². The van der Waals surface area contributed by atoms with Crippen LogP contribution in [0.3, 0.4) is 0 Å². The lowest BCUT2D eigenvalue weighted by Gasteiger charge is -2.26. The average Bonchev–Trinajstić information content (AvgIpc) is 2.24. The highest BCUT2D eigenvalue weighted by Gasteiger charge is 2.09. The first-order valence-corrected chi connectivity index (χ1v) is 5.94. The Morgan fingerprint density at radius 3 is 0.885 bits per heavy atom. The quantitative estimate of drug-likeness (QED) is 0.243. The molecule has 0 saturated heterocycles. The van der Waals surface area contributed by atoms with Crippen LogP contribution in [-0.2, 0) is 19.2 Å². The highest BCUT2D eigenvalue weighted by Crippen LogP contribution is 1.95. The molecule has 0 aliphatic carbocycles. The summed E-state index contributed by atoms with van der Waals surface area (Å²) in [6, 6.07) is 0. The molecule has 0 fully saturated rings. The van der Waals surface area contributed by atoms with Crippen molar-refractivity contribution in [1.82, 2.24) is 34.4 Å². The van der Waals surface area contributed by atoms with Gasteiger partial charge in [0.1, 0.15) is 0 Å². The van der Waals surface area contributed by atoms with E-state index in [0.717, 1.165) is 9.80 Å². The molecule has 0 heterocycles. The average molecular weight is 392 g/mol. The largest absolute Gasteiger partial charge is 0.549 e. The summed E-state index contributed by atoms with van der Waals surface area (Å²) < 4.78 is 0. The molecular weight excluding hydrogens is 360 g/mol. The second kappa shape index (κ2) is 20.6. The fraction of sp³-hybridized carbons (Fsp3) is 0.636. The number of aliphatic carboxylic acids is 4. The van der Waals surface area contributed by atoms with Crippen LogP contribution in [0.15, 0.2) is 0 Å². The van der Waals surface area contributed by atoms with Crippen molar-refractivity contribution in [1.29, 1.82) is 0 Å². The minimum absolute atomic E-state index is 0. The van der Waals surface area contributed by atoms with Gasteiger partial charge in [0.05, 0.1) is 23.9 Å². The summed E-state index contributed by atoms with van der Waals surface area (Å²) in [5, 5.41) is 41.7. The first kappa shape index (κ1) is 38.9. The zero-order valence-electron chi connectivity index (χ0n) is 15.6. The number of quaternary nitrogens is 4. The van der Waals surface area contributed by atoms with E-state index in [0.29, 0.717) is 0 Å². The summed E-state index contributed by atoms with van der Waals surface area (Å²) in [5.41, 5.74) is 0. The lowest BCUT2D eigenvalue weighted by molar-refractivity contribution is -0.312. The van der Waals surface area contributed by atoms with Gasteiger partial charge >= 0.3 is 0 Å². The van der Waals surface area contributed by atoms with Crippen LogP contribution in [0.1, 0.15) is 6.42 Å². The van der Waals surface area contributed by atoms with Crippen molar-refractivity contribution in [2.24, 2.45) is 0 Å². The van der Waals surface area contributed by atoms with Crippen molar-refractivity contribution in [3.63, 3.8) is 0 Å². The molecule has 0 saturated carbocycles. The summed E-state index contributed by atoms with van der Waals surface area (Å²) in [4.78, 5) is 43.8. The van der Waals surface area contributed by atoms with Crippen molar-refractivity contribution >= 4 is 23.9 Å². The molecule has 0 aliphatic heterocycles. The minimum atomic E-state index is -1.47. The van der Waals surface area contributed by atoms with Gasteiger partial charge in [0.2, 0.25) is 0 Å². The van der Waals surface area contributed by atoms with E-state index in [1.54, 1.807) is 0 Å². The molecule has 0 amide bonds. The Morgan fingerprint density at radius 1 is 0.538 bits per heavy atom. The Balaban J connectivity index is -0.000000200. The lowest BCUT2D eigenvalue weighted by Crippen LogP contribution is -2.47. The van der Waals surface area contributed by atoms with E-state index in [2.05, 4.69) is 0 Å². The normalized spacial score (nSPS) is 8.69. The molecule has 0 aromatic heterocycles. The van der Waals surface area contributed by atoms with Gasteiger partial charge in [-0.3, -0.25) is 9.80 Å². The molecule has 15 nitrogen and oxygen atoms in total. The summed E-state index contributed by atoms with van der Waals surface area (Å²) in [6.45, 7) is -2.55. The second-order valence-electron chi connectivity index (χ2n) is 4.26. The summed E-state index contributed by atoms with van der Waals surface area (Å²) in [6.07, 6.45) is 0.140. The van der Waals surface area contributed by atoms with Gasteiger partial charge in [0, 0.05) is 39.3 Å².